The average Bonchev–Trinajstić information content (AvgIpc) is 2.75. The topological polar surface area (TPSA) is 41.6 Å². The van der Waals surface area contributed by atoms with Crippen molar-refractivity contribution in [1.82, 2.24) is 10.2 Å². The van der Waals surface area contributed by atoms with E-state index in [0.717, 1.165) is 32.5 Å². The maximum Gasteiger partial charge on any atom is 0.263 e. The van der Waals surface area contributed by atoms with Gasteiger partial charge in [0.25, 0.3) is 5.91 Å². The molecule has 162 valence electrons. The van der Waals surface area contributed by atoms with E-state index in [2.05, 4.69) is 40.7 Å². The molecule has 1 aliphatic heterocycles. The van der Waals surface area contributed by atoms with Crippen LogP contribution >= 0.6 is 23.4 Å². The van der Waals surface area contributed by atoms with Gasteiger partial charge in [-0.05, 0) is 87.8 Å². The Bertz CT molecular complexity index is 833. The largest absolute Gasteiger partial charge is 0.478 e. The molecule has 6 heteroatoms. The van der Waals surface area contributed by atoms with E-state index in [-0.39, 0.29) is 5.91 Å². The van der Waals surface area contributed by atoms with Gasteiger partial charge in [0.2, 0.25) is 0 Å². The molecule has 0 radical (unpaired) electrons. The average molecular weight is 447 g/mol. The summed E-state index contributed by atoms with van der Waals surface area (Å²) in [4.78, 5) is 16.6. The van der Waals surface area contributed by atoms with Crippen molar-refractivity contribution in [2.75, 3.05) is 25.9 Å². The highest BCUT2D eigenvalue weighted by Gasteiger charge is 2.30. The van der Waals surface area contributed by atoms with Crippen LogP contribution in [-0.2, 0) is 11.3 Å². The third-order valence-electron chi connectivity index (χ3n) is 5.58. The van der Waals surface area contributed by atoms with Crippen LogP contribution in [0.5, 0.6) is 5.75 Å². The Morgan fingerprint density at radius 1 is 1.17 bits per heavy atom. The highest BCUT2D eigenvalue weighted by Crippen LogP contribution is 2.25. The molecule has 4 nitrogen and oxygen atoms in total. The molecule has 30 heavy (non-hydrogen) atoms. The van der Waals surface area contributed by atoms with Crippen LogP contribution in [-0.4, -0.2) is 42.3 Å². The van der Waals surface area contributed by atoms with Gasteiger partial charge in [-0.1, -0.05) is 29.8 Å². The molecule has 0 aliphatic carbocycles. The Hall–Kier alpha value is -1.69. The van der Waals surface area contributed by atoms with Gasteiger partial charge in [0.15, 0.2) is 5.60 Å². The second-order valence-electron chi connectivity index (χ2n) is 8.31. The summed E-state index contributed by atoms with van der Waals surface area (Å²) in [7, 11) is 0. The van der Waals surface area contributed by atoms with Gasteiger partial charge in [0.1, 0.15) is 5.75 Å². The number of hydrogen-bond donors (Lipinski definition) is 1. The minimum atomic E-state index is -0.934. The third-order valence-corrected chi connectivity index (χ3v) is 6.67. The number of amides is 1. The maximum absolute atomic E-state index is 12.7. The molecule has 0 atom stereocenters. The fourth-order valence-corrected chi connectivity index (χ4v) is 4.45. The van der Waals surface area contributed by atoms with E-state index in [1.807, 2.05) is 0 Å². The minimum absolute atomic E-state index is 0.0891. The Kier molecular flexibility index (Phi) is 8.09. The maximum atomic E-state index is 12.7. The van der Waals surface area contributed by atoms with E-state index in [0.29, 0.717) is 23.2 Å². The number of hydrogen-bond acceptors (Lipinski definition) is 4. The summed E-state index contributed by atoms with van der Waals surface area (Å²) in [6.45, 7) is 7.41. The first-order chi connectivity index (χ1) is 14.4. The first kappa shape index (κ1) is 23.0. The van der Waals surface area contributed by atoms with Gasteiger partial charge < -0.3 is 10.1 Å². The van der Waals surface area contributed by atoms with Crippen molar-refractivity contribution in [1.29, 1.82) is 0 Å². The van der Waals surface area contributed by atoms with Crippen molar-refractivity contribution in [2.45, 2.75) is 43.7 Å². The molecule has 0 saturated carbocycles. The number of halogens is 1. The summed E-state index contributed by atoms with van der Waals surface area (Å²) in [5.74, 6) is 1.06. The number of thioether (sulfide) groups is 1. The number of carbonyl (C=O) groups is 1. The Morgan fingerprint density at radius 2 is 1.83 bits per heavy atom. The predicted molar refractivity (Wildman–Crippen MR) is 125 cm³/mol. The number of nitrogens with zero attached hydrogens (tertiary/aromatic N) is 1. The van der Waals surface area contributed by atoms with Gasteiger partial charge in [0.05, 0.1) is 0 Å². The van der Waals surface area contributed by atoms with E-state index >= 15 is 0 Å². The highest BCUT2D eigenvalue weighted by atomic mass is 35.5. The number of rotatable bonds is 8. The lowest BCUT2D eigenvalue weighted by atomic mass is 9.96. The summed E-state index contributed by atoms with van der Waals surface area (Å²) >= 11 is 7.72. The Balaban J connectivity index is 1.43. The summed E-state index contributed by atoms with van der Waals surface area (Å²) in [6, 6.07) is 15.7. The van der Waals surface area contributed by atoms with Crippen LogP contribution in [0, 0.1) is 5.92 Å². The molecular formula is C24H31ClN2O2S. The smallest absolute Gasteiger partial charge is 0.263 e. The van der Waals surface area contributed by atoms with Crippen LogP contribution in [0.2, 0.25) is 5.02 Å². The van der Waals surface area contributed by atoms with Crippen molar-refractivity contribution in [3.8, 4) is 5.75 Å². The first-order valence-electron chi connectivity index (χ1n) is 10.4. The van der Waals surface area contributed by atoms with Crippen LogP contribution < -0.4 is 10.1 Å². The molecule has 1 saturated heterocycles. The number of benzene rings is 2. The van der Waals surface area contributed by atoms with E-state index in [1.165, 1.54) is 10.5 Å². The number of likely N-dealkylation sites (tertiary alicyclic amines) is 1. The molecule has 3 rings (SSSR count). The van der Waals surface area contributed by atoms with Gasteiger partial charge in [-0.25, -0.2) is 0 Å². The number of ether oxygens (including phenoxy) is 1. The molecule has 0 bridgehead atoms. The lowest BCUT2D eigenvalue weighted by molar-refractivity contribution is -0.134. The second kappa shape index (κ2) is 10.6. The molecule has 1 aliphatic rings. The molecular weight excluding hydrogens is 416 g/mol. The zero-order valence-electron chi connectivity index (χ0n) is 18.0. The van der Waals surface area contributed by atoms with Gasteiger partial charge in [0, 0.05) is 23.0 Å². The van der Waals surface area contributed by atoms with Gasteiger partial charge >= 0.3 is 0 Å². The molecule has 1 N–H and O–H groups in total. The lowest BCUT2D eigenvalue weighted by Gasteiger charge is -2.33. The molecule has 1 heterocycles. The van der Waals surface area contributed by atoms with Crippen molar-refractivity contribution in [3.63, 3.8) is 0 Å². The first-order valence-corrected chi connectivity index (χ1v) is 12.0. The molecule has 1 fully saturated rings. The fourth-order valence-electron chi connectivity index (χ4n) is 3.72. The van der Waals surface area contributed by atoms with Gasteiger partial charge in [-0.15, -0.1) is 11.8 Å². The van der Waals surface area contributed by atoms with Crippen molar-refractivity contribution in [3.05, 3.63) is 59.1 Å². The second-order valence-corrected chi connectivity index (χ2v) is 9.59. The standard InChI is InChI=1S/C24H31ClN2O2S/c1-24(2,29-21-10-8-20(25)9-11-21)23(28)26-16-18-12-14-27(15-13-18)17-19-6-4-5-7-22(19)30-3/h4-11,18H,12-17H2,1-3H3,(H,26,28). The fraction of sp³-hybridized carbons (Fsp3) is 0.458. The third kappa shape index (κ3) is 6.40. The van der Waals surface area contributed by atoms with Crippen molar-refractivity contribution < 1.29 is 9.53 Å². The number of carbonyl (C=O) groups excluding carboxylic acids is 1. The zero-order valence-corrected chi connectivity index (χ0v) is 19.6. The van der Waals surface area contributed by atoms with Gasteiger partial charge in [-0.3, -0.25) is 9.69 Å². The predicted octanol–water partition coefficient (Wildman–Crippen LogP) is 5.25. The zero-order chi connectivity index (χ0) is 21.6. The number of piperidine rings is 1. The van der Waals surface area contributed by atoms with E-state index in [4.69, 9.17) is 16.3 Å². The van der Waals surface area contributed by atoms with Crippen molar-refractivity contribution in [2.24, 2.45) is 5.92 Å². The van der Waals surface area contributed by atoms with Crippen LogP contribution in [0.4, 0.5) is 0 Å². The summed E-state index contributed by atoms with van der Waals surface area (Å²) in [5.41, 5.74) is 0.466. The normalized spacial score (nSPS) is 15.7. The minimum Gasteiger partial charge on any atom is -0.478 e. The molecule has 0 unspecified atom stereocenters. The van der Waals surface area contributed by atoms with E-state index in [9.17, 15) is 4.79 Å². The van der Waals surface area contributed by atoms with Crippen molar-refractivity contribution >= 4 is 29.3 Å². The molecule has 0 aromatic heterocycles. The molecule has 2 aromatic rings. The molecule has 1 amide bonds. The highest BCUT2D eigenvalue weighted by molar-refractivity contribution is 7.98. The quantitative estimate of drug-likeness (QED) is 0.562. The van der Waals surface area contributed by atoms with E-state index in [1.54, 1.807) is 49.9 Å². The van der Waals surface area contributed by atoms with Crippen LogP contribution in [0.3, 0.4) is 0 Å². The summed E-state index contributed by atoms with van der Waals surface area (Å²) < 4.78 is 5.88. The Labute approximate surface area is 189 Å². The van der Waals surface area contributed by atoms with E-state index < -0.39 is 5.60 Å². The lowest BCUT2D eigenvalue weighted by Crippen LogP contribution is -2.48. The van der Waals surface area contributed by atoms with Gasteiger partial charge in [-0.2, -0.15) is 0 Å². The summed E-state index contributed by atoms with van der Waals surface area (Å²) in [5, 5.41) is 3.74. The molecule has 2 aromatic carbocycles. The number of nitrogens with one attached hydrogen (secondary N) is 1. The molecule has 0 spiro atoms. The SMILES string of the molecule is CSc1ccccc1CN1CCC(CNC(=O)C(C)(C)Oc2ccc(Cl)cc2)CC1. The monoisotopic (exact) mass is 446 g/mol. The van der Waals surface area contributed by atoms with Crippen LogP contribution in [0.15, 0.2) is 53.4 Å². The Morgan fingerprint density at radius 3 is 2.50 bits per heavy atom. The summed E-state index contributed by atoms with van der Waals surface area (Å²) in [6.07, 6.45) is 4.33. The van der Waals surface area contributed by atoms with Crippen LogP contribution in [0.1, 0.15) is 32.3 Å². The van der Waals surface area contributed by atoms with Crippen LogP contribution in [0.25, 0.3) is 0 Å².